The van der Waals surface area contributed by atoms with Gasteiger partial charge in [0.25, 0.3) is 5.91 Å². The third kappa shape index (κ3) is 2.61. The van der Waals surface area contributed by atoms with E-state index in [0.29, 0.717) is 27.1 Å². The fourth-order valence-corrected chi connectivity index (χ4v) is 2.53. The number of phenolic OH excluding ortho intramolecular Hbond substituents is 1. The van der Waals surface area contributed by atoms with Crippen LogP contribution in [0.4, 0.5) is 5.69 Å². The summed E-state index contributed by atoms with van der Waals surface area (Å²) < 4.78 is 1.61. The summed E-state index contributed by atoms with van der Waals surface area (Å²) in [5.74, 6) is -0.480. The first-order valence-electron chi connectivity index (χ1n) is 6.40. The van der Waals surface area contributed by atoms with Crippen LogP contribution in [0.1, 0.15) is 16.2 Å². The van der Waals surface area contributed by atoms with Crippen molar-refractivity contribution >= 4 is 40.4 Å². The molecule has 2 heterocycles. The standard InChI is InChI=1S/C15H11Cl2N3O2/c1-8-14(20-7-10(17)3-5-13(20)18-8)15(22)19-11-6-9(16)2-4-12(11)21/h2-7,21H,1H3,(H,19,22). The number of aromatic nitrogens is 2. The van der Waals surface area contributed by atoms with Crippen molar-refractivity contribution in [2.24, 2.45) is 0 Å². The van der Waals surface area contributed by atoms with Gasteiger partial charge in [-0.3, -0.25) is 9.20 Å². The van der Waals surface area contributed by atoms with Crippen molar-refractivity contribution in [3.8, 4) is 5.75 Å². The van der Waals surface area contributed by atoms with Gasteiger partial charge in [0.1, 0.15) is 17.1 Å². The lowest BCUT2D eigenvalue weighted by Gasteiger charge is -2.08. The molecule has 0 bridgehead atoms. The van der Waals surface area contributed by atoms with Crippen LogP contribution in [0.15, 0.2) is 36.5 Å². The Hall–Kier alpha value is -2.24. The predicted molar refractivity (Wildman–Crippen MR) is 86.0 cm³/mol. The summed E-state index contributed by atoms with van der Waals surface area (Å²) in [7, 11) is 0. The number of hydrogen-bond acceptors (Lipinski definition) is 3. The van der Waals surface area contributed by atoms with Crippen LogP contribution in [-0.4, -0.2) is 20.4 Å². The van der Waals surface area contributed by atoms with E-state index in [9.17, 15) is 9.90 Å². The Kier molecular flexibility index (Phi) is 3.68. The van der Waals surface area contributed by atoms with Crippen LogP contribution in [0.5, 0.6) is 5.75 Å². The lowest BCUT2D eigenvalue weighted by molar-refractivity contribution is 0.102. The van der Waals surface area contributed by atoms with E-state index in [2.05, 4.69) is 10.3 Å². The topological polar surface area (TPSA) is 66.6 Å². The van der Waals surface area contributed by atoms with Crippen LogP contribution in [-0.2, 0) is 0 Å². The molecular formula is C15H11Cl2N3O2. The second-order valence-corrected chi connectivity index (χ2v) is 5.61. The summed E-state index contributed by atoms with van der Waals surface area (Å²) in [5.41, 5.74) is 1.74. The van der Waals surface area contributed by atoms with Crippen LogP contribution in [0, 0.1) is 6.92 Å². The van der Waals surface area contributed by atoms with Gasteiger partial charge in [-0.05, 0) is 37.3 Å². The first kappa shape index (κ1) is 14.7. The Labute approximate surface area is 136 Å². The quantitative estimate of drug-likeness (QED) is 0.698. The highest BCUT2D eigenvalue weighted by Gasteiger charge is 2.18. The highest BCUT2D eigenvalue weighted by molar-refractivity contribution is 6.31. The molecule has 5 nitrogen and oxygen atoms in total. The van der Waals surface area contributed by atoms with E-state index >= 15 is 0 Å². The van der Waals surface area contributed by atoms with Gasteiger partial charge in [0.05, 0.1) is 16.4 Å². The van der Waals surface area contributed by atoms with Gasteiger partial charge in [-0.15, -0.1) is 0 Å². The normalized spacial score (nSPS) is 10.9. The molecule has 0 aliphatic rings. The maximum atomic E-state index is 12.5. The van der Waals surface area contributed by atoms with Gasteiger partial charge in [0.15, 0.2) is 0 Å². The number of rotatable bonds is 2. The summed E-state index contributed by atoms with van der Waals surface area (Å²) in [5, 5.41) is 13.3. The van der Waals surface area contributed by atoms with Gasteiger partial charge in [-0.25, -0.2) is 4.98 Å². The average Bonchev–Trinajstić information content (AvgIpc) is 2.78. The molecule has 0 aliphatic heterocycles. The van der Waals surface area contributed by atoms with Gasteiger partial charge in [-0.1, -0.05) is 23.2 Å². The highest BCUT2D eigenvalue weighted by atomic mass is 35.5. The summed E-state index contributed by atoms with van der Waals surface area (Å²) in [6.07, 6.45) is 1.61. The number of benzene rings is 1. The number of nitrogens with one attached hydrogen (secondary N) is 1. The molecule has 0 radical (unpaired) electrons. The Bertz CT molecular complexity index is 890. The third-order valence-electron chi connectivity index (χ3n) is 3.18. The van der Waals surface area contributed by atoms with E-state index in [1.54, 1.807) is 29.7 Å². The smallest absolute Gasteiger partial charge is 0.274 e. The Morgan fingerprint density at radius 1 is 1.23 bits per heavy atom. The number of imidazole rings is 1. The predicted octanol–water partition coefficient (Wildman–Crippen LogP) is 3.91. The summed E-state index contributed by atoms with van der Waals surface area (Å²) >= 11 is 11.8. The van der Waals surface area contributed by atoms with E-state index < -0.39 is 5.91 Å². The number of anilines is 1. The molecule has 1 amide bonds. The molecule has 2 aromatic heterocycles. The molecule has 0 saturated heterocycles. The number of carbonyl (C=O) groups is 1. The average molecular weight is 336 g/mol. The number of nitrogens with zero attached hydrogens (tertiary/aromatic N) is 2. The van der Waals surface area contributed by atoms with E-state index in [1.807, 2.05) is 0 Å². The van der Waals surface area contributed by atoms with E-state index in [0.717, 1.165) is 0 Å². The molecule has 0 atom stereocenters. The maximum absolute atomic E-state index is 12.5. The van der Waals surface area contributed by atoms with Gasteiger partial charge >= 0.3 is 0 Å². The molecule has 7 heteroatoms. The minimum absolute atomic E-state index is 0.0674. The van der Waals surface area contributed by atoms with Crippen molar-refractivity contribution in [2.45, 2.75) is 6.92 Å². The second kappa shape index (κ2) is 5.51. The number of phenols is 1. The Morgan fingerprint density at radius 2 is 1.95 bits per heavy atom. The minimum atomic E-state index is -0.412. The zero-order chi connectivity index (χ0) is 15.9. The van der Waals surface area contributed by atoms with Crippen LogP contribution < -0.4 is 5.32 Å². The number of halogens is 2. The second-order valence-electron chi connectivity index (χ2n) is 4.74. The maximum Gasteiger partial charge on any atom is 0.274 e. The van der Waals surface area contributed by atoms with Gasteiger partial charge < -0.3 is 10.4 Å². The summed E-state index contributed by atoms with van der Waals surface area (Å²) in [4.78, 5) is 16.8. The number of fused-ring (bicyclic) bond motifs is 1. The van der Waals surface area contributed by atoms with Crippen LogP contribution >= 0.6 is 23.2 Å². The zero-order valence-electron chi connectivity index (χ0n) is 11.5. The van der Waals surface area contributed by atoms with Crippen molar-refractivity contribution in [3.05, 3.63) is 58.0 Å². The fourth-order valence-electron chi connectivity index (χ4n) is 2.20. The molecule has 0 spiro atoms. The monoisotopic (exact) mass is 335 g/mol. The fraction of sp³-hybridized carbons (Fsp3) is 0.0667. The lowest BCUT2D eigenvalue weighted by Crippen LogP contribution is -2.15. The van der Waals surface area contributed by atoms with Crippen molar-refractivity contribution in [3.63, 3.8) is 0 Å². The Balaban J connectivity index is 2.04. The molecule has 22 heavy (non-hydrogen) atoms. The third-order valence-corrected chi connectivity index (χ3v) is 3.64. The molecule has 112 valence electrons. The van der Waals surface area contributed by atoms with E-state index in [4.69, 9.17) is 23.2 Å². The van der Waals surface area contributed by atoms with Crippen LogP contribution in [0.25, 0.3) is 5.65 Å². The molecule has 2 N–H and O–H groups in total. The molecular weight excluding hydrogens is 325 g/mol. The number of aryl methyl sites for hydroxylation is 1. The first-order valence-corrected chi connectivity index (χ1v) is 7.15. The van der Waals surface area contributed by atoms with Crippen molar-refractivity contribution in [1.82, 2.24) is 9.38 Å². The van der Waals surface area contributed by atoms with Crippen molar-refractivity contribution in [1.29, 1.82) is 0 Å². The van der Waals surface area contributed by atoms with Crippen LogP contribution in [0.3, 0.4) is 0 Å². The molecule has 0 fully saturated rings. The SMILES string of the molecule is Cc1nc2ccc(Cl)cn2c1C(=O)Nc1cc(Cl)ccc1O. The van der Waals surface area contributed by atoms with Crippen LogP contribution in [0.2, 0.25) is 10.0 Å². The molecule has 0 saturated carbocycles. The van der Waals surface area contributed by atoms with E-state index in [-0.39, 0.29) is 11.4 Å². The number of amides is 1. The molecule has 3 aromatic rings. The first-order chi connectivity index (χ1) is 10.5. The summed E-state index contributed by atoms with van der Waals surface area (Å²) in [6, 6.07) is 7.85. The largest absolute Gasteiger partial charge is 0.506 e. The molecule has 3 rings (SSSR count). The number of pyridine rings is 1. The van der Waals surface area contributed by atoms with Gasteiger partial charge in [0, 0.05) is 11.2 Å². The summed E-state index contributed by atoms with van der Waals surface area (Å²) in [6.45, 7) is 1.73. The molecule has 0 aliphatic carbocycles. The van der Waals surface area contributed by atoms with Crippen molar-refractivity contribution in [2.75, 3.05) is 5.32 Å². The van der Waals surface area contributed by atoms with Gasteiger partial charge in [0.2, 0.25) is 0 Å². The lowest BCUT2D eigenvalue weighted by atomic mass is 10.2. The Morgan fingerprint density at radius 3 is 2.73 bits per heavy atom. The minimum Gasteiger partial charge on any atom is -0.506 e. The number of hydrogen-bond donors (Lipinski definition) is 2. The van der Waals surface area contributed by atoms with E-state index in [1.165, 1.54) is 18.2 Å². The number of aromatic hydroxyl groups is 1. The highest BCUT2D eigenvalue weighted by Crippen LogP contribution is 2.27. The zero-order valence-corrected chi connectivity index (χ0v) is 13.0. The van der Waals surface area contributed by atoms with Crippen molar-refractivity contribution < 1.29 is 9.90 Å². The molecule has 0 unspecified atom stereocenters. The molecule has 1 aromatic carbocycles. The van der Waals surface area contributed by atoms with Gasteiger partial charge in [-0.2, -0.15) is 0 Å². The number of carbonyl (C=O) groups excluding carboxylic acids is 1.